The number of nitrogens with zero attached hydrogens (tertiary/aromatic N) is 3. The largest absolute Gasteiger partial charge is 0.497 e. The van der Waals surface area contributed by atoms with Crippen molar-refractivity contribution >= 4 is 5.91 Å². The van der Waals surface area contributed by atoms with Crippen LogP contribution in [0.4, 0.5) is 0 Å². The number of para-hydroxylation sites is 1. The van der Waals surface area contributed by atoms with Crippen LogP contribution in [0.3, 0.4) is 0 Å². The third-order valence-corrected chi connectivity index (χ3v) is 4.90. The molecule has 0 unspecified atom stereocenters. The van der Waals surface area contributed by atoms with Crippen LogP contribution in [-0.2, 0) is 0 Å². The summed E-state index contributed by atoms with van der Waals surface area (Å²) in [6, 6.07) is 15.3. The number of rotatable bonds is 9. The molecule has 2 aromatic carbocycles. The molecule has 0 atom stereocenters. The lowest BCUT2D eigenvalue weighted by molar-refractivity contribution is 0.0756. The normalized spacial score (nSPS) is 10.7. The van der Waals surface area contributed by atoms with Crippen molar-refractivity contribution in [1.82, 2.24) is 14.7 Å². The summed E-state index contributed by atoms with van der Waals surface area (Å²) in [6.07, 6.45) is 3.61. The van der Waals surface area contributed by atoms with E-state index in [1.165, 1.54) is 0 Å². The predicted molar refractivity (Wildman–Crippen MR) is 119 cm³/mol. The molecular formula is C24H29N3O3. The number of carbonyl (C=O) groups excluding carboxylic acids is 1. The van der Waals surface area contributed by atoms with Crippen LogP contribution in [0.5, 0.6) is 11.5 Å². The van der Waals surface area contributed by atoms with Crippen LogP contribution in [0, 0.1) is 0 Å². The number of hydrogen-bond acceptors (Lipinski definition) is 4. The molecule has 0 aliphatic carbocycles. The van der Waals surface area contributed by atoms with Crippen LogP contribution in [0.2, 0.25) is 0 Å². The van der Waals surface area contributed by atoms with Gasteiger partial charge in [0.1, 0.15) is 17.2 Å². The first-order valence-electron chi connectivity index (χ1n) is 10.3. The molecule has 0 bridgehead atoms. The van der Waals surface area contributed by atoms with E-state index in [-0.39, 0.29) is 5.91 Å². The summed E-state index contributed by atoms with van der Waals surface area (Å²) in [5.41, 5.74) is 2.74. The highest BCUT2D eigenvalue weighted by atomic mass is 16.5. The van der Waals surface area contributed by atoms with Crippen LogP contribution >= 0.6 is 0 Å². The van der Waals surface area contributed by atoms with Gasteiger partial charge in [-0.3, -0.25) is 4.79 Å². The van der Waals surface area contributed by atoms with Gasteiger partial charge in [0.2, 0.25) is 0 Å². The van der Waals surface area contributed by atoms with Crippen LogP contribution in [0.15, 0.2) is 54.7 Å². The van der Waals surface area contributed by atoms with Crippen molar-refractivity contribution in [2.24, 2.45) is 0 Å². The molecule has 0 saturated heterocycles. The summed E-state index contributed by atoms with van der Waals surface area (Å²) in [6.45, 7) is 5.57. The van der Waals surface area contributed by atoms with E-state index in [9.17, 15) is 4.79 Å². The minimum Gasteiger partial charge on any atom is -0.497 e. The van der Waals surface area contributed by atoms with E-state index in [1.54, 1.807) is 18.9 Å². The average Bonchev–Trinajstić information content (AvgIpc) is 3.24. The van der Waals surface area contributed by atoms with Gasteiger partial charge in [0.15, 0.2) is 0 Å². The van der Waals surface area contributed by atoms with Crippen molar-refractivity contribution in [2.75, 3.05) is 27.3 Å². The Hall–Kier alpha value is -3.28. The average molecular weight is 408 g/mol. The number of benzene rings is 2. The number of hydrogen-bond donors (Lipinski definition) is 0. The van der Waals surface area contributed by atoms with E-state index in [2.05, 4.69) is 13.8 Å². The van der Waals surface area contributed by atoms with Crippen molar-refractivity contribution in [2.45, 2.75) is 26.7 Å². The van der Waals surface area contributed by atoms with Crippen molar-refractivity contribution in [1.29, 1.82) is 0 Å². The lowest BCUT2D eigenvalue weighted by Gasteiger charge is -2.21. The van der Waals surface area contributed by atoms with Crippen LogP contribution in [-0.4, -0.2) is 47.9 Å². The molecule has 30 heavy (non-hydrogen) atoms. The molecule has 1 aromatic heterocycles. The SMILES string of the molecule is CCCN(CCC)C(=O)c1cn(-c2ccccc2)nc1-c1cc(OC)ccc1OC. The summed E-state index contributed by atoms with van der Waals surface area (Å²) in [5, 5.41) is 4.79. The first-order chi connectivity index (χ1) is 14.6. The molecule has 0 aliphatic heterocycles. The molecule has 0 radical (unpaired) electrons. The number of amides is 1. The van der Waals surface area contributed by atoms with Gasteiger partial charge in [-0.2, -0.15) is 5.10 Å². The fourth-order valence-corrected chi connectivity index (χ4v) is 3.47. The van der Waals surface area contributed by atoms with E-state index >= 15 is 0 Å². The van der Waals surface area contributed by atoms with Crippen molar-refractivity contribution in [3.05, 3.63) is 60.3 Å². The van der Waals surface area contributed by atoms with Gasteiger partial charge in [-0.05, 0) is 43.2 Å². The van der Waals surface area contributed by atoms with E-state index in [1.807, 2.05) is 59.6 Å². The molecule has 6 nitrogen and oxygen atoms in total. The highest BCUT2D eigenvalue weighted by Gasteiger charge is 2.25. The van der Waals surface area contributed by atoms with E-state index in [0.717, 1.165) is 24.1 Å². The third-order valence-electron chi connectivity index (χ3n) is 4.90. The van der Waals surface area contributed by atoms with E-state index in [4.69, 9.17) is 14.6 Å². The molecule has 3 rings (SSSR count). The lowest BCUT2D eigenvalue weighted by atomic mass is 10.1. The summed E-state index contributed by atoms with van der Waals surface area (Å²) >= 11 is 0. The van der Waals surface area contributed by atoms with Gasteiger partial charge in [-0.15, -0.1) is 0 Å². The maximum absolute atomic E-state index is 13.5. The van der Waals surface area contributed by atoms with Crippen molar-refractivity contribution in [3.63, 3.8) is 0 Å². The fourth-order valence-electron chi connectivity index (χ4n) is 3.47. The topological polar surface area (TPSA) is 56.6 Å². The minimum atomic E-state index is -0.0271. The number of carbonyl (C=O) groups is 1. The second-order valence-electron chi connectivity index (χ2n) is 7.03. The Labute approximate surface area is 178 Å². The maximum Gasteiger partial charge on any atom is 0.257 e. The maximum atomic E-state index is 13.5. The second-order valence-corrected chi connectivity index (χ2v) is 7.03. The minimum absolute atomic E-state index is 0.0271. The van der Waals surface area contributed by atoms with Crippen LogP contribution < -0.4 is 9.47 Å². The third kappa shape index (κ3) is 4.48. The molecule has 0 aliphatic rings. The van der Waals surface area contributed by atoms with E-state index in [0.29, 0.717) is 35.8 Å². The number of methoxy groups -OCH3 is 2. The molecule has 6 heteroatoms. The Balaban J connectivity index is 2.18. The second kappa shape index (κ2) is 9.96. The quantitative estimate of drug-likeness (QED) is 0.510. The molecule has 158 valence electrons. The Morgan fingerprint density at radius 3 is 2.30 bits per heavy atom. The highest BCUT2D eigenvalue weighted by Crippen LogP contribution is 2.35. The van der Waals surface area contributed by atoms with Gasteiger partial charge in [-0.25, -0.2) is 4.68 Å². The summed E-state index contributed by atoms with van der Waals surface area (Å²) in [4.78, 5) is 15.4. The van der Waals surface area contributed by atoms with Crippen molar-refractivity contribution in [3.8, 4) is 28.4 Å². The summed E-state index contributed by atoms with van der Waals surface area (Å²) in [5.74, 6) is 1.29. The van der Waals surface area contributed by atoms with Gasteiger partial charge in [0.05, 0.1) is 25.5 Å². The summed E-state index contributed by atoms with van der Waals surface area (Å²) < 4.78 is 12.7. The first-order valence-corrected chi connectivity index (χ1v) is 10.3. The van der Waals surface area contributed by atoms with Gasteiger partial charge in [-0.1, -0.05) is 32.0 Å². The molecule has 3 aromatic rings. The van der Waals surface area contributed by atoms with Gasteiger partial charge in [0, 0.05) is 24.8 Å². The smallest absolute Gasteiger partial charge is 0.257 e. The Kier molecular flexibility index (Phi) is 7.12. The molecule has 1 heterocycles. The Bertz CT molecular complexity index is 977. The van der Waals surface area contributed by atoms with Gasteiger partial charge < -0.3 is 14.4 Å². The zero-order valence-electron chi connectivity index (χ0n) is 18.1. The molecule has 0 spiro atoms. The van der Waals surface area contributed by atoms with Gasteiger partial charge >= 0.3 is 0 Å². The highest BCUT2D eigenvalue weighted by molar-refractivity contribution is 6.00. The zero-order chi connectivity index (χ0) is 21.5. The molecule has 0 N–H and O–H groups in total. The molecular weight excluding hydrogens is 378 g/mol. The van der Waals surface area contributed by atoms with E-state index < -0.39 is 0 Å². The molecule has 1 amide bonds. The van der Waals surface area contributed by atoms with Gasteiger partial charge in [0.25, 0.3) is 5.91 Å². The monoisotopic (exact) mass is 407 g/mol. The first kappa shape index (κ1) is 21.4. The predicted octanol–water partition coefficient (Wildman–Crippen LogP) is 4.82. The molecule has 0 fully saturated rings. The van der Waals surface area contributed by atoms with Crippen LogP contribution in [0.25, 0.3) is 16.9 Å². The summed E-state index contributed by atoms with van der Waals surface area (Å²) in [7, 11) is 3.23. The number of ether oxygens (including phenoxy) is 2. The standard InChI is InChI=1S/C24H29N3O3/c1-5-14-26(15-6-2)24(28)21-17-27(18-10-8-7-9-11-18)25-23(21)20-16-19(29-3)12-13-22(20)30-4/h7-13,16-17H,5-6,14-15H2,1-4H3. The van der Waals surface area contributed by atoms with Crippen molar-refractivity contribution < 1.29 is 14.3 Å². The fraction of sp³-hybridized carbons (Fsp3) is 0.333. The molecule has 0 saturated carbocycles. The lowest BCUT2D eigenvalue weighted by Crippen LogP contribution is -2.32. The Morgan fingerprint density at radius 1 is 1.00 bits per heavy atom. The Morgan fingerprint density at radius 2 is 1.70 bits per heavy atom. The zero-order valence-corrected chi connectivity index (χ0v) is 18.1. The number of aromatic nitrogens is 2. The van der Waals surface area contributed by atoms with Crippen LogP contribution in [0.1, 0.15) is 37.0 Å².